The van der Waals surface area contributed by atoms with Crippen LogP contribution in [0.25, 0.3) is 0 Å². The number of nitrogen functional groups attached to an aromatic ring is 1. The minimum Gasteiger partial charge on any atom is -0.466 e. The molecule has 0 aliphatic rings. The second-order valence-corrected chi connectivity index (χ2v) is 4.20. The number of hydrogen-bond donors (Lipinski definition) is 2. The normalized spacial score (nSPS) is 10.6. The molecule has 0 fully saturated rings. The molecule has 0 saturated carbocycles. The van der Waals surface area contributed by atoms with Gasteiger partial charge < -0.3 is 9.15 Å². The first-order chi connectivity index (χ1) is 8.79. The van der Waals surface area contributed by atoms with E-state index in [0.717, 1.165) is 6.42 Å². The fourth-order valence-corrected chi connectivity index (χ4v) is 1.71. The Bertz CT molecular complexity index is 350. The minimum absolute atomic E-state index is 0.309. The zero-order valence-electron chi connectivity index (χ0n) is 10.9. The van der Waals surface area contributed by atoms with Crippen molar-refractivity contribution in [3.8, 4) is 0 Å². The molecule has 1 aromatic heterocycles. The van der Waals surface area contributed by atoms with Gasteiger partial charge in [-0.25, -0.2) is 5.84 Å². The summed E-state index contributed by atoms with van der Waals surface area (Å²) in [4.78, 5) is 11.4. The van der Waals surface area contributed by atoms with E-state index in [1.54, 1.807) is 6.07 Å². The van der Waals surface area contributed by atoms with Gasteiger partial charge in [-0.2, -0.15) is 0 Å². The largest absolute Gasteiger partial charge is 0.466 e. The molecule has 0 unspecified atom stereocenters. The number of ether oxygens (including phenoxy) is 1. The third kappa shape index (κ3) is 4.89. The second-order valence-electron chi connectivity index (χ2n) is 4.20. The van der Waals surface area contributed by atoms with Crippen LogP contribution in [0.3, 0.4) is 0 Å². The van der Waals surface area contributed by atoms with Gasteiger partial charge in [0.15, 0.2) is 0 Å². The average molecular weight is 254 g/mol. The summed E-state index contributed by atoms with van der Waals surface area (Å²) >= 11 is 0. The Labute approximate surface area is 108 Å². The van der Waals surface area contributed by atoms with Gasteiger partial charge in [0.05, 0.1) is 11.8 Å². The number of amides is 1. The van der Waals surface area contributed by atoms with E-state index >= 15 is 0 Å². The molecule has 102 valence electrons. The maximum Gasteiger partial charge on any atom is 0.268 e. The highest BCUT2D eigenvalue weighted by atomic mass is 16.5. The lowest BCUT2D eigenvalue weighted by Gasteiger charge is -2.04. The van der Waals surface area contributed by atoms with Crippen molar-refractivity contribution in [1.29, 1.82) is 0 Å². The lowest BCUT2D eigenvalue weighted by molar-refractivity contribution is 0.0910. The van der Waals surface area contributed by atoms with Crippen molar-refractivity contribution in [2.75, 3.05) is 6.61 Å². The lowest BCUT2D eigenvalue weighted by atomic mass is 10.2. The topological polar surface area (TPSA) is 77.5 Å². The number of carbonyl (C=O) groups is 1. The smallest absolute Gasteiger partial charge is 0.268 e. The molecule has 3 N–H and O–H groups in total. The monoisotopic (exact) mass is 254 g/mol. The average Bonchev–Trinajstić information content (AvgIpc) is 2.85. The maximum atomic E-state index is 11.4. The zero-order valence-corrected chi connectivity index (χ0v) is 10.9. The van der Waals surface area contributed by atoms with Crippen LogP contribution >= 0.6 is 0 Å². The highest BCUT2D eigenvalue weighted by Crippen LogP contribution is 2.12. The highest BCUT2D eigenvalue weighted by Gasteiger charge is 2.13. The molecule has 0 bridgehead atoms. The number of hydrazine groups is 1. The molecule has 1 amide bonds. The van der Waals surface area contributed by atoms with E-state index in [1.807, 2.05) is 0 Å². The number of nitrogens with two attached hydrogens (primary N) is 1. The van der Waals surface area contributed by atoms with Gasteiger partial charge in [0.1, 0.15) is 12.4 Å². The summed E-state index contributed by atoms with van der Waals surface area (Å²) in [6.45, 7) is 3.19. The van der Waals surface area contributed by atoms with Crippen molar-refractivity contribution in [3.05, 3.63) is 23.7 Å². The van der Waals surface area contributed by atoms with Crippen molar-refractivity contribution >= 4 is 5.91 Å². The molecule has 0 radical (unpaired) electrons. The third-order valence-corrected chi connectivity index (χ3v) is 2.75. The molecule has 0 spiro atoms. The Hall–Kier alpha value is -1.33. The quantitative estimate of drug-likeness (QED) is 0.307. The standard InChI is InChI=1S/C13H22N2O3/c1-2-3-4-5-6-8-17-10-12-11(7-9-18-12)13(16)15-14/h7,9H,2-6,8,10,14H2,1H3,(H,15,16). The van der Waals surface area contributed by atoms with Gasteiger partial charge in [0.2, 0.25) is 0 Å². The van der Waals surface area contributed by atoms with E-state index in [4.69, 9.17) is 15.0 Å². The van der Waals surface area contributed by atoms with Crippen LogP contribution in [0.5, 0.6) is 0 Å². The molecule has 0 saturated heterocycles. The Morgan fingerprint density at radius 3 is 2.89 bits per heavy atom. The van der Waals surface area contributed by atoms with Crippen LogP contribution < -0.4 is 11.3 Å². The van der Waals surface area contributed by atoms with Gasteiger partial charge in [-0.15, -0.1) is 0 Å². The zero-order chi connectivity index (χ0) is 13.2. The predicted molar refractivity (Wildman–Crippen MR) is 68.8 cm³/mol. The fourth-order valence-electron chi connectivity index (χ4n) is 1.71. The lowest BCUT2D eigenvalue weighted by Crippen LogP contribution is -2.30. The molecule has 1 rings (SSSR count). The van der Waals surface area contributed by atoms with Crippen LogP contribution in [0.4, 0.5) is 0 Å². The van der Waals surface area contributed by atoms with E-state index in [9.17, 15) is 4.79 Å². The molecule has 1 heterocycles. The van der Waals surface area contributed by atoms with E-state index in [-0.39, 0.29) is 5.91 Å². The molecule has 0 atom stereocenters. The first-order valence-corrected chi connectivity index (χ1v) is 6.44. The van der Waals surface area contributed by atoms with Crippen LogP contribution in [0.2, 0.25) is 0 Å². The summed E-state index contributed by atoms with van der Waals surface area (Å²) in [6.07, 6.45) is 7.46. The summed E-state index contributed by atoms with van der Waals surface area (Å²) in [7, 11) is 0. The minimum atomic E-state index is -0.356. The van der Waals surface area contributed by atoms with Crippen molar-refractivity contribution in [1.82, 2.24) is 5.43 Å². The summed E-state index contributed by atoms with van der Waals surface area (Å²) in [5, 5.41) is 0. The van der Waals surface area contributed by atoms with Gasteiger partial charge in [0, 0.05) is 6.61 Å². The van der Waals surface area contributed by atoms with Gasteiger partial charge in [0.25, 0.3) is 5.91 Å². The summed E-state index contributed by atoms with van der Waals surface area (Å²) in [6, 6.07) is 1.59. The first kappa shape index (κ1) is 14.7. The van der Waals surface area contributed by atoms with Crippen molar-refractivity contribution in [2.24, 2.45) is 5.84 Å². The third-order valence-electron chi connectivity index (χ3n) is 2.75. The molecule has 5 heteroatoms. The van der Waals surface area contributed by atoms with Crippen LogP contribution in [-0.2, 0) is 11.3 Å². The number of rotatable bonds is 9. The SMILES string of the molecule is CCCCCCCOCc1occc1C(=O)NN. The molecule has 5 nitrogen and oxygen atoms in total. The van der Waals surface area contributed by atoms with E-state index < -0.39 is 0 Å². The Balaban J connectivity index is 2.19. The maximum absolute atomic E-state index is 11.4. The molecule has 0 aromatic carbocycles. The van der Waals surface area contributed by atoms with Gasteiger partial charge in [-0.1, -0.05) is 32.6 Å². The molecule has 18 heavy (non-hydrogen) atoms. The van der Waals surface area contributed by atoms with Crippen molar-refractivity contribution in [3.63, 3.8) is 0 Å². The van der Waals surface area contributed by atoms with Gasteiger partial charge in [-0.05, 0) is 12.5 Å². The Kier molecular flexibility index (Phi) is 7.13. The van der Waals surface area contributed by atoms with Crippen molar-refractivity contribution < 1.29 is 13.9 Å². The van der Waals surface area contributed by atoms with Crippen LogP contribution in [0.1, 0.15) is 55.1 Å². The summed E-state index contributed by atoms with van der Waals surface area (Å²) in [5.74, 6) is 5.24. The Morgan fingerprint density at radius 2 is 2.17 bits per heavy atom. The molecule has 0 aliphatic carbocycles. The van der Waals surface area contributed by atoms with Crippen LogP contribution in [0.15, 0.2) is 16.7 Å². The number of nitrogens with one attached hydrogen (secondary N) is 1. The van der Waals surface area contributed by atoms with Crippen LogP contribution in [0, 0.1) is 0 Å². The second kappa shape index (κ2) is 8.72. The number of furan rings is 1. The summed E-state index contributed by atoms with van der Waals surface area (Å²) in [5.41, 5.74) is 2.51. The molecular formula is C13H22N2O3. The highest BCUT2D eigenvalue weighted by molar-refractivity contribution is 5.94. The Morgan fingerprint density at radius 1 is 1.39 bits per heavy atom. The molecule has 0 aliphatic heterocycles. The predicted octanol–water partition coefficient (Wildman–Crippen LogP) is 2.37. The summed E-state index contributed by atoms with van der Waals surface area (Å²) < 4.78 is 10.7. The van der Waals surface area contributed by atoms with E-state index in [2.05, 4.69) is 12.3 Å². The number of unbranched alkanes of at least 4 members (excludes halogenated alkanes) is 4. The number of carbonyl (C=O) groups excluding carboxylic acids is 1. The van der Waals surface area contributed by atoms with Gasteiger partial charge in [-0.3, -0.25) is 10.2 Å². The fraction of sp³-hybridized carbons (Fsp3) is 0.615. The van der Waals surface area contributed by atoms with E-state index in [1.165, 1.54) is 31.9 Å². The van der Waals surface area contributed by atoms with Crippen LogP contribution in [-0.4, -0.2) is 12.5 Å². The van der Waals surface area contributed by atoms with Crippen molar-refractivity contribution in [2.45, 2.75) is 45.6 Å². The van der Waals surface area contributed by atoms with Gasteiger partial charge >= 0.3 is 0 Å². The molecular weight excluding hydrogens is 232 g/mol. The number of hydrogen-bond acceptors (Lipinski definition) is 4. The van der Waals surface area contributed by atoms with E-state index in [0.29, 0.717) is 24.5 Å². The molecule has 1 aromatic rings. The first-order valence-electron chi connectivity index (χ1n) is 6.44.